The number of nitriles is 1. The van der Waals surface area contributed by atoms with Crippen molar-refractivity contribution in [3.8, 4) is 6.07 Å². The summed E-state index contributed by atoms with van der Waals surface area (Å²) >= 11 is 0. The average molecular weight is 270 g/mol. The van der Waals surface area contributed by atoms with E-state index in [-0.39, 0.29) is 11.3 Å². The number of carbonyl (C=O) groups is 1. The highest BCUT2D eigenvalue weighted by molar-refractivity contribution is 6.07. The lowest BCUT2D eigenvalue weighted by molar-refractivity contribution is 0.102. The zero-order valence-corrected chi connectivity index (χ0v) is 10.6. The van der Waals surface area contributed by atoms with Crippen LogP contribution in [0.4, 0.5) is 15.8 Å². The first-order chi connectivity index (χ1) is 9.65. The molecule has 0 fully saturated rings. The number of anilines is 2. The van der Waals surface area contributed by atoms with Crippen molar-refractivity contribution in [2.45, 2.75) is 0 Å². The number of halogens is 1. The van der Waals surface area contributed by atoms with Crippen LogP contribution < -0.4 is 10.6 Å². The summed E-state index contributed by atoms with van der Waals surface area (Å²) in [7, 11) is 1.68. The topological polar surface area (TPSA) is 77.8 Å². The van der Waals surface area contributed by atoms with Crippen LogP contribution in [0.15, 0.2) is 36.7 Å². The van der Waals surface area contributed by atoms with Crippen LogP contribution in [0.25, 0.3) is 0 Å². The van der Waals surface area contributed by atoms with E-state index in [0.29, 0.717) is 11.3 Å². The number of nitrogens with zero attached hydrogens (tertiary/aromatic N) is 2. The van der Waals surface area contributed by atoms with Gasteiger partial charge >= 0.3 is 0 Å². The third-order valence-corrected chi connectivity index (χ3v) is 2.68. The van der Waals surface area contributed by atoms with Crippen molar-refractivity contribution in [3.63, 3.8) is 0 Å². The van der Waals surface area contributed by atoms with Gasteiger partial charge in [-0.15, -0.1) is 0 Å². The summed E-state index contributed by atoms with van der Waals surface area (Å²) in [5.41, 5.74) is 1.10. The lowest BCUT2D eigenvalue weighted by Gasteiger charge is -2.09. The van der Waals surface area contributed by atoms with E-state index >= 15 is 0 Å². The molecule has 0 aliphatic carbocycles. The molecule has 1 aromatic carbocycles. The average Bonchev–Trinajstić information content (AvgIpc) is 2.49. The number of nitrogens with one attached hydrogen (secondary N) is 2. The summed E-state index contributed by atoms with van der Waals surface area (Å²) in [5.74, 6) is -1.14. The van der Waals surface area contributed by atoms with Gasteiger partial charge in [0.25, 0.3) is 5.91 Å². The SMILES string of the molecule is CNc1ccncc1C(=O)Nc1ccc(C#N)cc1F. The minimum absolute atomic E-state index is 0.0138. The van der Waals surface area contributed by atoms with Crippen molar-refractivity contribution in [1.29, 1.82) is 5.26 Å². The molecule has 1 heterocycles. The molecule has 20 heavy (non-hydrogen) atoms. The Morgan fingerprint density at radius 1 is 1.35 bits per heavy atom. The van der Waals surface area contributed by atoms with Crippen LogP contribution in [0.1, 0.15) is 15.9 Å². The number of hydrogen-bond acceptors (Lipinski definition) is 4. The number of benzene rings is 1. The third kappa shape index (κ3) is 2.72. The lowest BCUT2D eigenvalue weighted by atomic mass is 10.2. The van der Waals surface area contributed by atoms with Gasteiger partial charge in [0, 0.05) is 25.1 Å². The molecule has 0 saturated heterocycles. The predicted octanol–water partition coefficient (Wildman–Crippen LogP) is 2.39. The van der Waals surface area contributed by atoms with Gasteiger partial charge in [-0.05, 0) is 24.3 Å². The summed E-state index contributed by atoms with van der Waals surface area (Å²) in [6.07, 6.45) is 2.94. The third-order valence-electron chi connectivity index (χ3n) is 2.68. The first kappa shape index (κ1) is 13.5. The number of pyridine rings is 1. The zero-order valence-electron chi connectivity index (χ0n) is 10.6. The van der Waals surface area contributed by atoms with Gasteiger partial charge in [-0.3, -0.25) is 9.78 Å². The molecule has 0 saturated carbocycles. The maximum Gasteiger partial charge on any atom is 0.259 e. The Morgan fingerprint density at radius 2 is 2.15 bits per heavy atom. The molecule has 0 atom stereocenters. The van der Waals surface area contributed by atoms with Crippen LogP contribution in [0, 0.1) is 17.1 Å². The molecular weight excluding hydrogens is 259 g/mol. The van der Waals surface area contributed by atoms with Crippen molar-refractivity contribution in [3.05, 3.63) is 53.6 Å². The second kappa shape index (κ2) is 5.80. The minimum atomic E-state index is -0.660. The lowest BCUT2D eigenvalue weighted by Crippen LogP contribution is -2.15. The van der Waals surface area contributed by atoms with Crippen LogP contribution in [-0.4, -0.2) is 17.9 Å². The van der Waals surface area contributed by atoms with Gasteiger partial charge in [-0.1, -0.05) is 0 Å². The maximum atomic E-state index is 13.7. The number of hydrogen-bond donors (Lipinski definition) is 2. The summed E-state index contributed by atoms with van der Waals surface area (Å²) in [5, 5.41) is 14.0. The highest BCUT2D eigenvalue weighted by atomic mass is 19.1. The fourth-order valence-corrected chi connectivity index (χ4v) is 1.67. The molecule has 2 rings (SSSR count). The van der Waals surface area contributed by atoms with E-state index in [1.807, 2.05) is 6.07 Å². The molecule has 1 amide bonds. The molecule has 1 aromatic heterocycles. The summed E-state index contributed by atoms with van der Waals surface area (Å²) in [6.45, 7) is 0. The molecule has 2 N–H and O–H groups in total. The number of amides is 1. The fraction of sp³-hybridized carbons (Fsp3) is 0.0714. The van der Waals surface area contributed by atoms with Crippen molar-refractivity contribution in [2.24, 2.45) is 0 Å². The number of carbonyl (C=O) groups excluding carboxylic acids is 1. The summed E-state index contributed by atoms with van der Waals surface area (Å²) in [4.78, 5) is 15.9. The van der Waals surface area contributed by atoms with E-state index in [4.69, 9.17) is 5.26 Å². The number of rotatable bonds is 3. The number of aromatic nitrogens is 1. The summed E-state index contributed by atoms with van der Waals surface area (Å²) < 4.78 is 13.7. The molecule has 0 unspecified atom stereocenters. The normalized spacial score (nSPS) is 9.65. The molecule has 0 spiro atoms. The van der Waals surface area contributed by atoms with Gasteiger partial charge < -0.3 is 10.6 Å². The van der Waals surface area contributed by atoms with Gasteiger partial charge in [0.15, 0.2) is 0 Å². The highest BCUT2D eigenvalue weighted by Crippen LogP contribution is 2.19. The first-order valence-electron chi connectivity index (χ1n) is 5.78. The van der Waals surface area contributed by atoms with E-state index < -0.39 is 11.7 Å². The van der Waals surface area contributed by atoms with Crippen molar-refractivity contribution in [1.82, 2.24) is 4.98 Å². The van der Waals surface area contributed by atoms with E-state index in [2.05, 4.69) is 15.6 Å². The molecule has 0 aliphatic rings. The predicted molar refractivity (Wildman–Crippen MR) is 72.9 cm³/mol. The molecule has 6 heteroatoms. The van der Waals surface area contributed by atoms with Crippen molar-refractivity contribution in [2.75, 3.05) is 17.7 Å². The molecule has 2 aromatic rings. The monoisotopic (exact) mass is 270 g/mol. The van der Waals surface area contributed by atoms with Gasteiger partial charge in [-0.2, -0.15) is 5.26 Å². The quantitative estimate of drug-likeness (QED) is 0.897. The Morgan fingerprint density at radius 3 is 2.80 bits per heavy atom. The van der Waals surface area contributed by atoms with Crippen molar-refractivity contribution < 1.29 is 9.18 Å². The van der Waals surface area contributed by atoms with Gasteiger partial charge in [0.2, 0.25) is 0 Å². The second-order valence-corrected chi connectivity index (χ2v) is 3.93. The van der Waals surface area contributed by atoms with Crippen LogP contribution in [0.3, 0.4) is 0 Å². The van der Waals surface area contributed by atoms with Crippen LogP contribution in [0.5, 0.6) is 0 Å². The zero-order chi connectivity index (χ0) is 14.5. The molecular formula is C14H11FN4O. The maximum absolute atomic E-state index is 13.7. The van der Waals surface area contributed by atoms with E-state index in [0.717, 1.165) is 6.07 Å². The summed E-state index contributed by atoms with van der Waals surface area (Å²) in [6, 6.07) is 7.32. The Kier molecular flexibility index (Phi) is 3.91. The molecule has 0 bridgehead atoms. The molecule has 0 aliphatic heterocycles. The van der Waals surface area contributed by atoms with Gasteiger partial charge in [-0.25, -0.2) is 4.39 Å². The van der Waals surface area contributed by atoms with E-state index in [1.165, 1.54) is 18.3 Å². The molecule has 100 valence electrons. The van der Waals surface area contributed by atoms with E-state index in [9.17, 15) is 9.18 Å². The largest absolute Gasteiger partial charge is 0.387 e. The smallest absolute Gasteiger partial charge is 0.259 e. The Balaban J connectivity index is 2.26. The van der Waals surface area contributed by atoms with Crippen LogP contribution in [-0.2, 0) is 0 Å². The minimum Gasteiger partial charge on any atom is -0.387 e. The van der Waals surface area contributed by atoms with Crippen LogP contribution >= 0.6 is 0 Å². The standard InChI is InChI=1S/C14H11FN4O/c1-17-12-4-5-18-8-10(12)14(20)19-13-3-2-9(7-16)6-11(13)15/h2-6,8H,1H3,(H,17,18)(H,19,20). The fourth-order valence-electron chi connectivity index (χ4n) is 1.67. The molecule has 0 radical (unpaired) electrons. The van der Waals surface area contributed by atoms with Gasteiger partial charge in [0.1, 0.15) is 5.82 Å². The highest BCUT2D eigenvalue weighted by Gasteiger charge is 2.13. The van der Waals surface area contributed by atoms with Crippen molar-refractivity contribution >= 4 is 17.3 Å². The Hall–Kier alpha value is -2.94. The Bertz CT molecular complexity index is 694. The van der Waals surface area contributed by atoms with Crippen LogP contribution in [0.2, 0.25) is 0 Å². The van der Waals surface area contributed by atoms with Gasteiger partial charge in [0.05, 0.1) is 22.9 Å². The first-order valence-corrected chi connectivity index (χ1v) is 5.78. The second-order valence-electron chi connectivity index (χ2n) is 3.93. The van der Waals surface area contributed by atoms with E-state index in [1.54, 1.807) is 19.3 Å². The molecule has 5 nitrogen and oxygen atoms in total. The Labute approximate surface area is 115 Å².